The Morgan fingerprint density at radius 3 is 3.00 bits per heavy atom. The first kappa shape index (κ1) is 14.1. The maximum Gasteiger partial charge on any atom is 0.238 e. The second-order valence-electron chi connectivity index (χ2n) is 5.45. The molecule has 0 aliphatic carbocycles. The van der Waals surface area contributed by atoms with Crippen molar-refractivity contribution in [2.24, 2.45) is 0 Å². The zero-order valence-electron chi connectivity index (χ0n) is 12.0. The van der Waals surface area contributed by atoms with Crippen molar-refractivity contribution < 1.29 is 4.79 Å². The average molecular weight is 260 g/mol. The molecule has 19 heavy (non-hydrogen) atoms. The third-order valence-electron chi connectivity index (χ3n) is 3.87. The molecule has 0 radical (unpaired) electrons. The Kier molecular flexibility index (Phi) is 4.97. The number of carbonyl (C=O) groups is 1. The molecule has 0 aromatic heterocycles. The second kappa shape index (κ2) is 6.71. The van der Waals surface area contributed by atoms with Crippen molar-refractivity contribution in [2.45, 2.75) is 45.6 Å². The van der Waals surface area contributed by atoms with E-state index in [0.717, 1.165) is 18.7 Å². The minimum Gasteiger partial charge on any atom is -0.325 e. The van der Waals surface area contributed by atoms with Gasteiger partial charge in [-0.15, -0.1) is 0 Å². The number of rotatable bonds is 4. The molecule has 2 rings (SSSR count). The highest BCUT2D eigenvalue weighted by Crippen LogP contribution is 2.19. The van der Waals surface area contributed by atoms with Crippen LogP contribution in [0.15, 0.2) is 24.3 Å². The highest BCUT2D eigenvalue weighted by molar-refractivity contribution is 5.92. The topological polar surface area (TPSA) is 32.3 Å². The van der Waals surface area contributed by atoms with Gasteiger partial charge in [0.2, 0.25) is 5.91 Å². The smallest absolute Gasteiger partial charge is 0.238 e. The Hall–Kier alpha value is -1.35. The van der Waals surface area contributed by atoms with Crippen LogP contribution in [0.4, 0.5) is 5.69 Å². The molecule has 1 unspecified atom stereocenters. The van der Waals surface area contributed by atoms with Gasteiger partial charge >= 0.3 is 0 Å². The summed E-state index contributed by atoms with van der Waals surface area (Å²) in [5.74, 6) is 0.103. The molecule has 1 amide bonds. The molecule has 104 valence electrons. The molecule has 1 aromatic rings. The molecule has 1 atom stereocenters. The number of hydrogen-bond donors (Lipinski definition) is 1. The lowest BCUT2D eigenvalue weighted by Crippen LogP contribution is -2.43. The zero-order valence-corrected chi connectivity index (χ0v) is 12.0. The Morgan fingerprint density at radius 1 is 1.42 bits per heavy atom. The van der Waals surface area contributed by atoms with Crippen molar-refractivity contribution in [1.29, 1.82) is 0 Å². The van der Waals surface area contributed by atoms with Crippen molar-refractivity contribution in [2.75, 3.05) is 18.4 Å². The Bertz CT molecular complexity index is 431. The number of nitrogens with one attached hydrogen (secondary N) is 1. The summed E-state index contributed by atoms with van der Waals surface area (Å²) in [6.07, 6.45) is 4.88. The Balaban J connectivity index is 1.90. The van der Waals surface area contributed by atoms with E-state index < -0.39 is 0 Å². The van der Waals surface area contributed by atoms with Crippen molar-refractivity contribution >= 4 is 11.6 Å². The van der Waals surface area contributed by atoms with Gasteiger partial charge in [-0.3, -0.25) is 9.69 Å². The largest absolute Gasteiger partial charge is 0.325 e. The molecule has 0 bridgehead atoms. The van der Waals surface area contributed by atoms with Gasteiger partial charge in [0, 0.05) is 11.7 Å². The van der Waals surface area contributed by atoms with Crippen molar-refractivity contribution in [1.82, 2.24) is 4.90 Å². The van der Waals surface area contributed by atoms with E-state index >= 15 is 0 Å². The molecule has 0 spiro atoms. The van der Waals surface area contributed by atoms with E-state index in [1.807, 2.05) is 31.2 Å². The highest BCUT2D eigenvalue weighted by Gasteiger charge is 2.22. The molecule has 0 saturated carbocycles. The van der Waals surface area contributed by atoms with Crippen LogP contribution in [0.5, 0.6) is 0 Å². The second-order valence-corrected chi connectivity index (χ2v) is 5.45. The summed E-state index contributed by atoms with van der Waals surface area (Å²) in [4.78, 5) is 14.4. The minimum atomic E-state index is 0.103. The van der Waals surface area contributed by atoms with Crippen molar-refractivity contribution in [3.63, 3.8) is 0 Å². The van der Waals surface area contributed by atoms with Crippen LogP contribution in [0.2, 0.25) is 0 Å². The number of nitrogens with zero attached hydrogens (tertiary/aromatic N) is 1. The van der Waals surface area contributed by atoms with E-state index in [2.05, 4.69) is 17.1 Å². The van der Waals surface area contributed by atoms with Crippen LogP contribution in [0, 0.1) is 6.92 Å². The van der Waals surface area contributed by atoms with E-state index in [9.17, 15) is 4.79 Å². The minimum absolute atomic E-state index is 0.103. The van der Waals surface area contributed by atoms with Gasteiger partial charge in [-0.05, 0) is 50.4 Å². The van der Waals surface area contributed by atoms with Gasteiger partial charge in [0.15, 0.2) is 0 Å². The molecule has 1 aliphatic rings. The molecule has 1 N–H and O–H groups in total. The summed E-state index contributed by atoms with van der Waals surface area (Å²) >= 11 is 0. The predicted octanol–water partition coefficient (Wildman–Crippen LogP) is 3.20. The SMILES string of the molecule is CCC1CCCCN1CC(=O)Nc1cccc(C)c1. The summed E-state index contributed by atoms with van der Waals surface area (Å²) in [7, 11) is 0. The first-order valence-electron chi connectivity index (χ1n) is 7.29. The number of carbonyl (C=O) groups excluding carboxylic acids is 1. The number of anilines is 1. The first-order chi connectivity index (χ1) is 9.19. The number of benzene rings is 1. The van der Waals surface area contributed by atoms with E-state index in [-0.39, 0.29) is 5.91 Å². The fourth-order valence-electron chi connectivity index (χ4n) is 2.84. The summed E-state index contributed by atoms with van der Waals surface area (Å²) < 4.78 is 0. The molecule has 1 fully saturated rings. The monoisotopic (exact) mass is 260 g/mol. The Morgan fingerprint density at radius 2 is 2.26 bits per heavy atom. The summed E-state index contributed by atoms with van der Waals surface area (Å²) in [5.41, 5.74) is 2.07. The quantitative estimate of drug-likeness (QED) is 0.901. The number of likely N-dealkylation sites (tertiary alicyclic amines) is 1. The summed E-state index contributed by atoms with van der Waals surface area (Å²) in [5, 5.41) is 2.99. The standard InChI is InChI=1S/C16H24N2O/c1-3-15-9-4-5-10-18(15)12-16(19)17-14-8-6-7-13(2)11-14/h6-8,11,15H,3-5,9-10,12H2,1-2H3,(H,17,19). The number of aryl methyl sites for hydroxylation is 1. The van der Waals surface area contributed by atoms with Gasteiger partial charge in [-0.25, -0.2) is 0 Å². The molecule has 1 aromatic carbocycles. The van der Waals surface area contributed by atoms with Crippen LogP contribution in [0.1, 0.15) is 38.2 Å². The number of piperidine rings is 1. The molecular weight excluding hydrogens is 236 g/mol. The van der Waals surface area contributed by atoms with Crippen LogP contribution < -0.4 is 5.32 Å². The Labute approximate surface area is 116 Å². The third kappa shape index (κ3) is 4.06. The zero-order chi connectivity index (χ0) is 13.7. The predicted molar refractivity (Wildman–Crippen MR) is 79.3 cm³/mol. The van der Waals surface area contributed by atoms with Gasteiger partial charge in [0.05, 0.1) is 6.54 Å². The fourth-order valence-corrected chi connectivity index (χ4v) is 2.84. The fraction of sp³-hybridized carbons (Fsp3) is 0.562. The number of amides is 1. The van der Waals surface area contributed by atoms with Crippen molar-refractivity contribution in [3.8, 4) is 0 Å². The molecular formula is C16H24N2O. The van der Waals surface area contributed by atoms with Gasteiger partial charge in [-0.2, -0.15) is 0 Å². The van der Waals surface area contributed by atoms with Gasteiger partial charge in [0.1, 0.15) is 0 Å². The maximum atomic E-state index is 12.1. The van der Waals surface area contributed by atoms with E-state index in [0.29, 0.717) is 12.6 Å². The lowest BCUT2D eigenvalue weighted by atomic mass is 10.00. The van der Waals surface area contributed by atoms with E-state index in [1.54, 1.807) is 0 Å². The van der Waals surface area contributed by atoms with Crippen molar-refractivity contribution in [3.05, 3.63) is 29.8 Å². The number of hydrogen-bond acceptors (Lipinski definition) is 2. The maximum absolute atomic E-state index is 12.1. The molecule has 3 nitrogen and oxygen atoms in total. The summed E-state index contributed by atoms with van der Waals surface area (Å²) in [6.45, 7) is 5.82. The van der Waals surface area contributed by atoms with Crippen LogP contribution in [0.3, 0.4) is 0 Å². The first-order valence-corrected chi connectivity index (χ1v) is 7.29. The van der Waals surface area contributed by atoms with E-state index in [4.69, 9.17) is 0 Å². The third-order valence-corrected chi connectivity index (χ3v) is 3.87. The summed E-state index contributed by atoms with van der Waals surface area (Å²) in [6, 6.07) is 8.54. The molecule has 1 aliphatic heterocycles. The van der Waals surface area contributed by atoms with E-state index in [1.165, 1.54) is 24.8 Å². The van der Waals surface area contributed by atoms with Crippen LogP contribution in [0.25, 0.3) is 0 Å². The average Bonchev–Trinajstić information content (AvgIpc) is 2.39. The highest BCUT2D eigenvalue weighted by atomic mass is 16.2. The van der Waals surface area contributed by atoms with Gasteiger partial charge < -0.3 is 5.32 Å². The molecule has 1 heterocycles. The lowest BCUT2D eigenvalue weighted by molar-refractivity contribution is -0.118. The van der Waals surface area contributed by atoms with Crippen LogP contribution >= 0.6 is 0 Å². The molecule has 1 saturated heterocycles. The van der Waals surface area contributed by atoms with Gasteiger partial charge in [-0.1, -0.05) is 25.5 Å². The lowest BCUT2D eigenvalue weighted by Gasteiger charge is -2.34. The van der Waals surface area contributed by atoms with Crippen LogP contribution in [-0.2, 0) is 4.79 Å². The molecule has 3 heteroatoms. The van der Waals surface area contributed by atoms with Crippen LogP contribution in [-0.4, -0.2) is 29.9 Å². The normalized spacial score (nSPS) is 20.2. The van der Waals surface area contributed by atoms with Gasteiger partial charge in [0.25, 0.3) is 0 Å².